The van der Waals surface area contributed by atoms with Gasteiger partial charge in [-0.2, -0.15) is 0 Å². The zero-order valence-corrected chi connectivity index (χ0v) is 13.4. The van der Waals surface area contributed by atoms with Crippen LogP contribution >= 0.6 is 0 Å². The average molecular weight is 280 g/mol. The number of hydrogen-bond acceptors (Lipinski definition) is 3. The Balaban J connectivity index is 1.30. The number of likely N-dealkylation sites (tertiary alicyclic amines) is 2. The van der Waals surface area contributed by atoms with E-state index >= 15 is 0 Å². The molecule has 0 bridgehead atoms. The Morgan fingerprint density at radius 2 is 1.70 bits per heavy atom. The smallest absolute Gasteiger partial charge is 0.0494 e. The van der Waals surface area contributed by atoms with Gasteiger partial charge in [0.05, 0.1) is 0 Å². The summed E-state index contributed by atoms with van der Waals surface area (Å²) in [6.45, 7) is 14.3. The minimum Gasteiger partial charge on any atom is -0.381 e. The van der Waals surface area contributed by atoms with E-state index in [1.165, 1.54) is 65.0 Å². The molecule has 0 aromatic heterocycles. The molecule has 2 aliphatic heterocycles. The van der Waals surface area contributed by atoms with E-state index in [4.69, 9.17) is 4.74 Å². The molecule has 0 N–H and O–H groups in total. The molecule has 3 fully saturated rings. The van der Waals surface area contributed by atoms with Crippen molar-refractivity contribution in [3.05, 3.63) is 0 Å². The van der Waals surface area contributed by atoms with Crippen LogP contribution in [0.3, 0.4) is 0 Å². The number of ether oxygens (including phenoxy) is 1. The van der Waals surface area contributed by atoms with Gasteiger partial charge in [-0.1, -0.05) is 6.92 Å². The summed E-state index contributed by atoms with van der Waals surface area (Å²) in [5.41, 5.74) is 0.708. The fourth-order valence-corrected chi connectivity index (χ4v) is 4.50. The van der Waals surface area contributed by atoms with Gasteiger partial charge in [0, 0.05) is 32.8 Å². The van der Waals surface area contributed by atoms with Gasteiger partial charge in [0.15, 0.2) is 0 Å². The topological polar surface area (TPSA) is 15.7 Å². The van der Waals surface area contributed by atoms with Crippen molar-refractivity contribution in [2.45, 2.75) is 39.5 Å². The maximum Gasteiger partial charge on any atom is 0.0494 e. The Kier molecular flexibility index (Phi) is 4.68. The summed E-state index contributed by atoms with van der Waals surface area (Å²) in [5, 5.41) is 0. The molecule has 2 saturated heterocycles. The van der Waals surface area contributed by atoms with Crippen LogP contribution in [0.2, 0.25) is 0 Å². The minimum absolute atomic E-state index is 0.708. The molecule has 0 radical (unpaired) electrons. The Morgan fingerprint density at radius 3 is 2.30 bits per heavy atom. The Bertz CT molecular complexity index is 298. The predicted molar refractivity (Wildman–Crippen MR) is 82.9 cm³/mol. The Hall–Kier alpha value is -0.120. The van der Waals surface area contributed by atoms with Crippen molar-refractivity contribution in [1.82, 2.24) is 9.80 Å². The molecule has 1 aliphatic carbocycles. The second-order valence-corrected chi connectivity index (χ2v) is 7.47. The van der Waals surface area contributed by atoms with Gasteiger partial charge in [-0.05, 0) is 69.5 Å². The highest BCUT2D eigenvalue weighted by Crippen LogP contribution is 2.43. The lowest BCUT2D eigenvalue weighted by Gasteiger charge is -2.55. The monoisotopic (exact) mass is 280 g/mol. The van der Waals surface area contributed by atoms with Gasteiger partial charge in [0.2, 0.25) is 0 Å². The van der Waals surface area contributed by atoms with Gasteiger partial charge >= 0.3 is 0 Å². The molecule has 0 unspecified atom stereocenters. The number of piperidine rings is 1. The Morgan fingerprint density at radius 1 is 1.00 bits per heavy atom. The molecule has 0 amide bonds. The largest absolute Gasteiger partial charge is 0.381 e. The number of rotatable bonds is 6. The maximum atomic E-state index is 5.52. The lowest BCUT2D eigenvalue weighted by Crippen LogP contribution is -2.61. The first-order chi connectivity index (χ1) is 9.73. The van der Waals surface area contributed by atoms with Crippen molar-refractivity contribution < 1.29 is 4.74 Å². The third-order valence-corrected chi connectivity index (χ3v) is 5.89. The van der Waals surface area contributed by atoms with Crippen LogP contribution in [0.4, 0.5) is 0 Å². The normalized spacial score (nSPS) is 33.9. The van der Waals surface area contributed by atoms with Crippen LogP contribution in [0, 0.1) is 17.3 Å². The SMILES string of the molecule is CCOCC1CC(CN2CC3(CCN(CC)CC3)C2)C1. The minimum atomic E-state index is 0.708. The predicted octanol–water partition coefficient (Wildman–Crippen LogP) is 2.47. The summed E-state index contributed by atoms with van der Waals surface area (Å²) in [7, 11) is 0. The van der Waals surface area contributed by atoms with E-state index in [1.54, 1.807) is 0 Å². The van der Waals surface area contributed by atoms with E-state index in [0.717, 1.165) is 25.0 Å². The molecular weight excluding hydrogens is 248 g/mol. The van der Waals surface area contributed by atoms with Crippen molar-refractivity contribution in [3.63, 3.8) is 0 Å². The van der Waals surface area contributed by atoms with Gasteiger partial charge in [0.1, 0.15) is 0 Å². The molecule has 0 atom stereocenters. The molecule has 2 heterocycles. The lowest BCUT2D eigenvalue weighted by atomic mass is 9.69. The van der Waals surface area contributed by atoms with Crippen LogP contribution in [-0.4, -0.2) is 62.3 Å². The zero-order chi connectivity index (χ0) is 14.0. The second kappa shape index (κ2) is 6.33. The molecule has 20 heavy (non-hydrogen) atoms. The van der Waals surface area contributed by atoms with Crippen LogP contribution < -0.4 is 0 Å². The van der Waals surface area contributed by atoms with Crippen LogP contribution in [0.25, 0.3) is 0 Å². The van der Waals surface area contributed by atoms with Crippen LogP contribution in [0.15, 0.2) is 0 Å². The highest BCUT2D eigenvalue weighted by atomic mass is 16.5. The molecule has 3 rings (SSSR count). The number of hydrogen-bond donors (Lipinski definition) is 0. The third-order valence-electron chi connectivity index (χ3n) is 5.89. The molecule has 116 valence electrons. The Labute approximate surface area is 124 Å². The highest BCUT2D eigenvalue weighted by Gasteiger charge is 2.45. The summed E-state index contributed by atoms with van der Waals surface area (Å²) in [4.78, 5) is 5.33. The highest BCUT2D eigenvalue weighted by molar-refractivity contribution is 4.99. The lowest BCUT2D eigenvalue weighted by molar-refractivity contribution is -0.0659. The summed E-state index contributed by atoms with van der Waals surface area (Å²) in [6, 6.07) is 0. The zero-order valence-electron chi connectivity index (χ0n) is 13.4. The van der Waals surface area contributed by atoms with Crippen molar-refractivity contribution in [2.75, 3.05) is 52.5 Å². The van der Waals surface area contributed by atoms with Gasteiger partial charge in [-0.25, -0.2) is 0 Å². The standard InChI is InChI=1S/C17H32N2O/c1-3-18-7-5-17(6-8-18)13-19(14-17)11-15-9-16(10-15)12-20-4-2/h15-16H,3-14H2,1-2H3. The molecule has 3 heteroatoms. The summed E-state index contributed by atoms with van der Waals surface area (Å²) >= 11 is 0. The van der Waals surface area contributed by atoms with E-state index in [1.807, 2.05) is 0 Å². The van der Waals surface area contributed by atoms with E-state index in [2.05, 4.69) is 23.6 Å². The molecule has 0 aromatic rings. The fourth-order valence-electron chi connectivity index (χ4n) is 4.50. The summed E-state index contributed by atoms with van der Waals surface area (Å²) in [6.07, 6.45) is 5.70. The van der Waals surface area contributed by atoms with Crippen molar-refractivity contribution in [3.8, 4) is 0 Å². The summed E-state index contributed by atoms with van der Waals surface area (Å²) in [5.74, 6) is 1.83. The molecule has 0 aromatic carbocycles. The first-order valence-electron chi connectivity index (χ1n) is 8.75. The molecule has 3 nitrogen and oxygen atoms in total. The summed E-state index contributed by atoms with van der Waals surface area (Å²) < 4.78 is 5.52. The van der Waals surface area contributed by atoms with Crippen molar-refractivity contribution >= 4 is 0 Å². The van der Waals surface area contributed by atoms with E-state index in [0.29, 0.717) is 5.41 Å². The van der Waals surface area contributed by atoms with E-state index in [-0.39, 0.29) is 0 Å². The number of nitrogens with zero attached hydrogens (tertiary/aromatic N) is 2. The molecular formula is C17H32N2O. The second-order valence-electron chi connectivity index (χ2n) is 7.47. The van der Waals surface area contributed by atoms with Gasteiger partial charge in [-0.15, -0.1) is 0 Å². The van der Waals surface area contributed by atoms with Gasteiger partial charge < -0.3 is 14.5 Å². The molecule has 1 spiro atoms. The van der Waals surface area contributed by atoms with E-state index < -0.39 is 0 Å². The third kappa shape index (κ3) is 3.20. The van der Waals surface area contributed by atoms with Crippen LogP contribution in [-0.2, 0) is 4.74 Å². The van der Waals surface area contributed by atoms with Crippen LogP contribution in [0.5, 0.6) is 0 Å². The molecule has 1 saturated carbocycles. The van der Waals surface area contributed by atoms with Crippen molar-refractivity contribution in [1.29, 1.82) is 0 Å². The van der Waals surface area contributed by atoms with Crippen molar-refractivity contribution in [2.24, 2.45) is 17.3 Å². The first-order valence-corrected chi connectivity index (χ1v) is 8.75. The molecule has 3 aliphatic rings. The van der Waals surface area contributed by atoms with Gasteiger partial charge in [0.25, 0.3) is 0 Å². The fraction of sp³-hybridized carbons (Fsp3) is 1.00. The average Bonchev–Trinajstić information content (AvgIpc) is 2.39. The first kappa shape index (κ1) is 14.8. The van der Waals surface area contributed by atoms with Gasteiger partial charge in [-0.3, -0.25) is 0 Å². The van der Waals surface area contributed by atoms with Crippen LogP contribution in [0.1, 0.15) is 39.5 Å². The maximum absolute atomic E-state index is 5.52. The quantitative estimate of drug-likeness (QED) is 0.743. The van der Waals surface area contributed by atoms with E-state index in [9.17, 15) is 0 Å².